The summed E-state index contributed by atoms with van der Waals surface area (Å²) in [6.07, 6.45) is 3.54. The Morgan fingerprint density at radius 2 is 1.95 bits per heavy atom. The fourth-order valence-electron chi connectivity index (χ4n) is 2.46. The zero-order valence-corrected chi connectivity index (χ0v) is 11.5. The highest BCUT2D eigenvalue weighted by Gasteiger charge is 2.10. The molecule has 0 aliphatic heterocycles. The van der Waals surface area contributed by atoms with Crippen molar-refractivity contribution in [3.8, 4) is 11.3 Å². The van der Waals surface area contributed by atoms with Crippen LogP contribution in [0.2, 0.25) is 0 Å². The Bertz CT molecular complexity index is 1020. The van der Waals surface area contributed by atoms with Crippen LogP contribution in [0.15, 0.2) is 54.9 Å². The van der Waals surface area contributed by atoms with Gasteiger partial charge < -0.3 is 5.73 Å². The summed E-state index contributed by atoms with van der Waals surface area (Å²) >= 11 is 0. The summed E-state index contributed by atoms with van der Waals surface area (Å²) in [5.74, 6) is -0.563. The number of imidazole rings is 1. The van der Waals surface area contributed by atoms with E-state index in [2.05, 4.69) is 15.1 Å². The zero-order chi connectivity index (χ0) is 15.1. The van der Waals surface area contributed by atoms with E-state index < -0.39 is 5.91 Å². The Morgan fingerprint density at radius 3 is 2.82 bits per heavy atom. The molecule has 0 aliphatic rings. The van der Waals surface area contributed by atoms with Crippen LogP contribution in [0.25, 0.3) is 27.8 Å². The number of pyridine rings is 1. The molecule has 4 aromatic rings. The molecule has 6 nitrogen and oxygen atoms in total. The molecule has 22 heavy (non-hydrogen) atoms. The fourth-order valence-corrected chi connectivity index (χ4v) is 2.46. The van der Waals surface area contributed by atoms with Crippen molar-refractivity contribution in [1.82, 2.24) is 19.6 Å². The van der Waals surface area contributed by atoms with E-state index in [0.717, 1.165) is 22.2 Å². The first-order chi connectivity index (χ1) is 10.7. The summed E-state index contributed by atoms with van der Waals surface area (Å²) in [7, 11) is 0. The highest BCUT2D eigenvalue weighted by Crippen LogP contribution is 2.26. The van der Waals surface area contributed by atoms with Crippen LogP contribution in [-0.4, -0.2) is 25.5 Å². The number of hydrogen-bond acceptors (Lipinski definition) is 4. The number of amides is 1. The fraction of sp³-hybridized carbons (Fsp3) is 0. The Kier molecular flexibility index (Phi) is 2.62. The van der Waals surface area contributed by atoms with Gasteiger partial charge in [0.15, 0.2) is 5.65 Å². The largest absolute Gasteiger partial charge is 0.364 e. The molecule has 0 radical (unpaired) electrons. The van der Waals surface area contributed by atoms with E-state index >= 15 is 0 Å². The van der Waals surface area contributed by atoms with Gasteiger partial charge in [0.25, 0.3) is 5.91 Å². The highest BCUT2D eigenvalue weighted by atomic mass is 16.1. The third kappa shape index (κ3) is 1.89. The quantitative estimate of drug-likeness (QED) is 0.612. The second kappa shape index (κ2) is 4.63. The smallest absolute Gasteiger partial charge is 0.269 e. The van der Waals surface area contributed by atoms with Gasteiger partial charge in [-0.2, -0.15) is 5.10 Å². The average molecular weight is 289 g/mol. The van der Waals surface area contributed by atoms with Crippen molar-refractivity contribution in [3.63, 3.8) is 0 Å². The lowest BCUT2D eigenvalue weighted by Gasteiger charge is -2.01. The molecule has 0 atom stereocenters. The minimum absolute atomic E-state index is 0.205. The predicted molar refractivity (Wildman–Crippen MR) is 82.2 cm³/mol. The van der Waals surface area contributed by atoms with Crippen LogP contribution in [-0.2, 0) is 0 Å². The predicted octanol–water partition coefficient (Wildman–Crippen LogP) is 2.04. The van der Waals surface area contributed by atoms with Crippen molar-refractivity contribution < 1.29 is 4.79 Å². The summed E-state index contributed by atoms with van der Waals surface area (Å²) in [4.78, 5) is 20.1. The van der Waals surface area contributed by atoms with Crippen LogP contribution in [0.5, 0.6) is 0 Å². The number of aromatic nitrogens is 4. The van der Waals surface area contributed by atoms with Crippen molar-refractivity contribution in [3.05, 3.63) is 60.6 Å². The number of hydrogen-bond donors (Lipinski definition) is 1. The lowest BCUT2D eigenvalue weighted by molar-refractivity contribution is 0.0994. The van der Waals surface area contributed by atoms with Gasteiger partial charge in [-0.25, -0.2) is 9.50 Å². The number of fused-ring (bicyclic) bond motifs is 2. The Morgan fingerprint density at radius 1 is 1.09 bits per heavy atom. The summed E-state index contributed by atoms with van der Waals surface area (Å²) in [6.45, 7) is 0. The number of para-hydroxylation sites is 1. The second-order valence-electron chi connectivity index (χ2n) is 4.89. The van der Waals surface area contributed by atoms with E-state index in [1.54, 1.807) is 29.0 Å². The number of rotatable bonds is 2. The maximum Gasteiger partial charge on any atom is 0.269 e. The molecule has 0 bridgehead atoms. The normalized spacial score (nSPS) is 11.1. The number of carbonyl (C=O) groups excluding carboxylic acids is 1. The molecule has 0 saturated heterocycles. The van der Waals surface area contributed by atoms with Crippen LogP contribution < -0.4 is 5.73 Å². The maximum atomic E-state index is 11.2. The van der Waals surface area contributed by atoms with Crippen molar-refractivity contribution in [2.45, 2.75) is 0 Å². The summed E-state index contributed by atoms with van der Waals surface area (Å²) < 4.78 is 1.56. The van der Waals surface area contributed by atoms with Crippen LogP contribution in [0.1, 0.15) is 10.5 Å². The van der Waals surface area contributed by atoms with Gasteiger partial charge >= 0.3 is 0 Å². The first kappa shape index (κ1) is 12.5. The van der Waals surface area contributed by atoms with Gasteiger partial charge in [-0.1, -0.05) is 18.2 Å². The van der Waals surface area contributed by atoms with Crippen molar-refractivity contribution in [1.29, 1.82) is 0 Å². The van der Waals surface area contributed by atoms with Crippen LogP contribution in [0, 0.1) is 0 Å². The molecule has 1 amide bonds. The van der Waals surface area contributed by atoms with Crippen LogP contribution in [0.3, 0.4) is 0 Å². The number of carbonyl (C=O) groups is 1. The molecule has 6 heteroatoms. The van der Waals surface area contributed by atoms with E-state index in [0.29, 0.717) is 5.65 Å². The zero-order valence-electron chi connectivity index (χ0n) is 11.5. The van der Waals surface area contributed by atoms with Gasteiger partial charge in [-0.3, -0.25) is 9.78 Å². The van der Waals surface area contributed by atoms with Crippen LogP contribution in [0.4, 0.5) is 0 Å². The highest BCUT2D eigenvalue weighted by molar-refractivity contribution is 5.93. The summed E-state index contributed by atoms with van der Waals surface area (Å²) in [5.41, 5.74) is 8.76. The first-order valence-electron chi connectivity index (χ1n) is 6.73. The van der Waals surface area contributed by atoms with Gasteiger partial charge in [0.1, 0.15) is 5.69 Å². The first-order valence-corrected chi connectivity index (χ1v) is 6.73. The van der Waals surface area contributed by atoms with E-state index in [1.165, 1.54) is 0 Å². The molecule has 0 unspecified atom stereocenters. The third-order valence-corrected chi connectivity index (χ3v) is 3.50. The molecule has 2 N–H and O–H groups in total. The topological polar surface area (TPSA) is 86.2 Å². The number of primary amides is 1. The van der Waals surface area contributed by atoms with Crippen molar-refractivity contribution >= 4 is 22.5 Å². The maximum absolute atomic E-state index is 11.2. The van der Waals surface area contributed by atoms with E-state index in [4.69, 9.17) is 5.73 Å². The SMILES string of the molecule is NC(=O)c1ccc2nc(-c3ccnc4ccccc34)cn2n1. The monoisotopic (exact) mass is 289 g/mol. The molecule has 0 aliphatic carbocycles. The minimum atomic E-state index is -0.563. The molecule has 4 rings (SSSR count). The molecule has 1 aromatic carbocycles. The van der Waals surface area contributed by atoms with Crippen molar-refractivity contribution in [2.24, 2.45) is 5.73 Å². The van der Waals surface area contributed by atoms with Gasteiger partial charge in [0, 0.05) is 17.1 Å². The number of benzene rings is 1. The molecule has 0 spiro atoms. The Labute approximate surface area is 125 Å². The third-order valence-electron chi connectivity index (χ3n) is 3.50. The number of nitrogens with zero attached hydrogens (tertiary/aromatic N) is 4. The van der Waals surface area contributed by atoms with Gasteiger partial charge in [0.2, 0.25) is 0 Å². The lowest BCUT2D eigenvalue weighted by Crippen LogP contribution is -2.14. The van der Waals surface area contributed by atoms with Gasteiger partial charge in [-0.15, -0.1) is 0 Å². The average Bonchev–Trinajstić information content (AvgIpc) is 2.97. The molecule has 3 heterocycles. The Hall–Kier alpha value is -3.28. The van der Waals surface area contributed by atoms with Gasteiger partial charge in [-0.05, 0) is 24.3 Å². The standard InChI is InChI=1S/C16H11N5O/c17-16(22)13-5-6-15-19-14(9-21(15)20-13)11-7-8-18-12-4-2-1-3-10(11)12/h1-9H,(H2,17,22). The molecule has 3 aromatic heterocycles. The molecular weight excluding hydrogens is 278 g/mol. The van der Waals surface area contributed by atoms with E-state index in [1.807, 2.05) is 30.3 Å². The summed E-state index contributed by atoms with van der Waals surface area (Å²) in [6, 6.07) is 13.1. The minimum Gasteiger partial charge on any atom is -0.364 e. The second-order valence-corrected chi connectivity index (χ2v) is 4.89. The molecule has 0 saturated carbocycles. The molecular formula is C16H11N5O. The molecule has 106 valence electrons. The summed E-state index contributed by atoms with van der Waals surface area (Å²) in [5, 5.41) is 5.18. The lowest BCUT2D eigenvalue weighted by atomic mass is 10.1. The molecule has 0 fully saturated rings. The van der Waals surface area contributed by atoms with E-state index in [9.17, 15) is 4.79 Å². The van der Waals surface area contributed by atoms with Gasteiger partial charge in [0.05, 0.1) is 17.4 Å². The van der Waals surface area contributed by atoms with E-state index in [-0.39, 0.29) is 5.69 Å². The van der Waals surface area contributed by atoms with Crippen LogP contribution >= 0.6 is 0 Å². The Balaban J connectivity index is 1.95. The van der Waals surface area contributed by atoms with Crippen molar-refractivity contribution in [2.75, 3.05) is 0 Å². The number of nitrogens with two attached hydrogens (primary N) is 1.